The summed E-state index contributed by atoms with van der Waals surface area (Å²) in [6.45, 7) is 1.85. The number of halogens is 1. The van der Waals surface area contributed by atoms with E-state index in [0.717, 1.165) is 35.4 Å². The molecule has 4 aromatic rings. The molecule has 0 saturated heterocycles. The van der Waals surface area contributed by atoms with E-state index in [4.69, 9.17) is 16.7 Å². The van der Waals surface area contributed by atoms with Gasteiger partial charge in [0.15, 0.2) is 5.65 Å². The molecule has 0 spiro atoms. The molecule has 0 saturated carbocycles. The summed E-state index contributed by atoms with van der Waals surface area (Å²) in [7, 11) is 0. The Morgan fingerprint density at radius 3 is 2.48 bits per heavy atom. The van der Waals surface area contributed by atoms with E-state index in [1.54, 1.807) is 16.6 Å². The second-order valence-electron chi connectivity index (χ2n) is 8.09. The molecule has 0 bridgehead atoms. The highest BCUT2D eigenvalue weighted by molar-refractivity contribution is 6.30. The number of carbonyl (C=O) groups is 1. The van der Waals surface area contributed by atoms with Crippen LogP contribution in [0, 0.1) is 6.92 Å². The Balaban J connectivity index is 1.71. The molecule has 2 aromatic carbocycles. The minimum atomic E-state index is -0.901. The zero-order valence-electron chi connectivity index (χ0n) is 17.2. The maximum absolute atomic E-state index is 11.6. The first-order valence-electron chi connectivity index (χ1n) is 10.5. The average molecular weight is 432 g/mol. The molecule has 2 heterocycles. The lowest BCUT2D eigenvalue weighted by Crippen LogP contribution is -2.10. The predicted molar refractivity (Wildman–Crippen MR) is 122 cm³/mol. The van der Waals surface area contributed by atoms with E-state index in [1.165, 1.54) is 24.0 Å². The van der Waals surface area contributed by atoms with E-state index in [0.29, 0.717) is 21.9 Å². The van der Waals surface area contributed by atoms with Gasteiger partial charge in [-0.15, -0.1) is 0 Å². The van der Waals surface area contributed by atoms with Crippen molar-refractivity contribution in [1.82, 2.24) is 14.6 Å². The van der Waals surface area contributed by atoms with Gasteiger partial charge < -0.3 is 5.11 Å². The SMILES string of the molecule is Cc1nc2cc(-c3ccc4c(c3)CCCC4)nn2c(-c2ccc(Cl)cc2)c1CC(=O)O. The first kappa shape index (κ1) is 19.8. The lowest BCUT2D eigenvalue weighted by molar-refractivity contribution is -0.136. The monoisotopic (exact) mass is 431 g/mol. The van der Waals surface area contributed by atoms with Crippen molar-refractivity contribution in [2.24, 2.45) is 0 Å². The number of carboxylic acids is 1. The van der Waals surface area contributed by atoms with Crippen molar-refractivity contribution in [3.05, 3.63) is 75.9 Å². The predicted octanol–water partition coefficient (Wildman–Crippen LogP) is 5.53. The summed E-state index contributed by atoms with van der Waals surface area (Å²) in [6.07, 6.45) is 4.59. The molecule has 5 nitrogen and oxygen atoms in total. The van der Waals surface area contributed by atoms with E-state index in [-0.39, 0.29) is 6.42 Å². The number of carboxylic acid groups (broad SMARTS) is 1. The van der Waals surface area contributed by atoms with Crippen LogP contribution >= 0.6 is 11.6 Å². The number of aromatic nitrogens is 3. The molecule has 5 rings (SSSR count). The lowest BCUT2D eigenvalue weighted by Gasteiger charge is -2.16. The summed E-state index contributed by atoms with van der Waals surface area (Å²) in [6, 6.07) is 15.9. The summed E-state index contributed by atoms with van der Waals surface area (Å²) < 4.78 is 1.77. The Morgan fingerprint density at radius 1 is 1.03 bits per heavy atom. The van der Waals surface area contributed by atoms with Crippen molar-refractivity contribution in [2.75, 3.05) is 0 Å². The maximum atomic E-state index is 11.6. The Kier molecular flexibility index (Phi) is 4.98. The third kappa shape index (κ3) is 3.70. The first-order valence-corrected chi connectivity index (χ1v) is 10.9. The molecule has 0 amide bonds. The van der Waals surface area contributed by atoms with E-state index in [1.807, 2.05) is 25.1 Å². The smallest absolute Gasteiger partial charge is 0.307 e. The molecular formula is C25H22ClN3O2. The van der Waals surface area contributed by atoms with Crippen LogP contribution in [0.3, 0.4) is 0 Å². The van der Waals surface area contributed by atoms with Gasteiger partial charge in [-0.1, -0.05) is 35.9 Å². The Labute approximate surface area is 185 Å². The standard InChI is InChI=1S/C25H22ClN3O2/c1-15-21(13-24(30)31)25(17-8-10-20(26)11-9-17)29-23(27-15)14-22(28-29)19-7-6-16-4-2-3-5-18(16)12-19/h6-12,14H,2-5,13H2,1H3,(H,30,31). The molecule has 0 unspecified atom stereocenters. The Bertz CT molecular complexity index is 1310. The number of benzene rings is 2. The summed E-state index contributed by atoms with van der Waals surface area (Å²) in [4.78, 5) is 16.3. The van der Waals surface area contributed by atoms with Crippen molar-refractivity contribution < 1.29 is 9.90 Å². The highest BCUT2D eigenvalue weighted by atomic mass is 35.5. The van der Waals surface area contributed by atoms with Gasteiger partial charge in [-0.25, -0.2) is 9.50 Å². The Hall–Kier alpha value is -3.18. The minimum absolute atomic E-state index is 0.124. The van der Waals surface area contributed by atoms with Gasteiger partial charge in [-0.2, -0.15) is 5.10 Å². The van der Waals surface area contributed by atoms with Crippen LogP contribution in [0.2, 0.25) is 5.02 Å². The van der Waals surface area contributed by atoms with Crippen molar-refractivity contribution in [3.63, 3.8) is 0 Å². The second kappa shape index (κ2) is 7.82. The number of aliphatic carboxylic acids is 1. The molecule has 1 aliphatic carbocycles. The molecule has 0 fully saturated rings. The third-order valence-electron chi connectivity index (χ3n) is 6.00. The van der Waals surface area contributed by atoms with Crippen LogP contribution in [0.25, 0.3) is 28.2 Å². The fourth-order valence-electron chi connectivity index (χ4n) is 4.45. The van der Waals surface area contributed by atoms with Gasteiger partial charge in [-0.3, -0.25) is 4.79 Å². The number of fused-ring (bicyclic) bond motifs is 2. The number of nitrogens with zero attached hydrogens (tertiary/aromatic N) is 3. The first-order chi connectivity index (χ1) is 15.0. The normalized spacial score (nSPS) is 13.4. The topological polar surface area (TPSA) is 67.5 Å². The van der Waals surface area contributed by atoms with Crippen LogP contribution in [0.4, 0.5) is 0 Å². The highest BCUT2D eigenvalue weighted by Crippen LogP contribution is 2.31. The van der Waals surface area contributed by atoms with E-state index in [2.05, 4.69) is 23.2 Å². The molecule has 0 atom stereocenters. The van der Waals surface area contributed by atoms with Gasteiger partial charge in [0.2, 0.25) is 0 Å². The summed E-state index contributed by atoms with van der Waals surface area (Å²) in [5.74, 6) is -0.901. The average Bonchev–Trinajstić information content (AvgIpc) is 3.18. The molecule has 1 N–H and O–H groups in total. The molecule has 0 aliphatic heterocycles. The molecular weight excluding hydrogens is 410 g/mol. The molecule has 2 aromatic heterocycles. The zero-order chi connectivity index (χ0) is 21.5. The van der Waals surface area contributed by atoms with Gasteiger partial charge >= 0.3 is 5.97 Å². The van der Waals surface area contributed by atoms with Crippen LogP contribution in [0.5, 0.6) is 0 Å². The van der Waals surface area contributed by atoms with Crippen LogP contribution in [-0.4, -0.2) is 25.7 Å². The van der Waals surface area contributed by atoms with Crippen LogP contribution in [-0.2, 0) is 24.1 Å². The molecule has 0 radical (unpaired) electrons. The van der Waals surface area contributed by atoms with Crippen molar-refractivity contribution >= 4 is 23.2 Å². The van der Waals surface area contributed by atoms with Crippen LogP contribution in [0.1, 0.15) is 35.2 Å². The molecule has 6 heteroatoms. The van der Waals surface area contributed by atoms with Gasteiger partial charge in [0.1, 0.15) is 0 Å². The zero-order valence-corrected chi connectivity index (χ0v) is 18.0. The summed E-state index contributed by atoms with van der Waals surface area (Å²) in [5.41, 5.74) is 8.37. The quantitative estimate of drug-likeness (QED) is 0.461. The minimum Gasteiger partial charge on any atom is -0.481 e. The van der Waals surface area contributed by atoms with Crippen molar-refractivity contribution in [2.45, 2.75) is 39.0 Å². The fraction of sp³-hybridized carbons (Fsp3) is 0.240. The summed E-state index contributed by atoms with van der Waals surface area (Å²) in [5, 5.41) is 15.0. The lowest BCUT2D eigenvalue weighted by atomic mass is 9.90. The van der Waals surface area contributed by atoms with E-state index < -0.39 is 5.97 Å². The molecule has 31 heavy (non-hydrogen) atoms. The largest absolute Gasteiger partial charge is 0.481 e. The van der Waals surface area contributed by atoms with Crippen molar-refractivity contribution in [1.29, 1.82) is 0 Å². The third-order valence-corrected chi connectivity index (χ3v) is 6.25. The van der Waals surface area contributed by atoms with Gasteiger partial charge in [-0.05, 0) is 61.9 Å². The van der Waals surface area contributed by atoms with E-state index >= 15 is 0 Å². The van der Waals surface area contributed by atoms with Crippen LogP contribution in [0.15, 0.2) is 48.5 Å². The van der Waals surface area contributed by atoms with E-state index in [9.17, 15) is 9.90 Å². The van der Waals surface area contributed by atoms with Crippen molar-refractivity contribution in [3.8, 4) is 22.5 Å². The number of hydrogen-bond acceptors (Lipinski definition) is 3. The van der Waals surface area contributed by atoms with Gasteiger partial charge in [0.25, 0.3) is 0 Å². The molecule has 156 valence electrons. The van der Waals surface area contributed by atoms with Crippen LogP contribution < -0.4 is 0 Å². The number of rotatable bonds is 4. The van der Waals surface area contributed by atoms with Gasteiger partial charge in [0, 0.05) is 33.5 Å². The summed E-state index contributed by atoms with van der Waals surface area (Å²) >= 11 is 6.09. The highest BCUT2D eigenvalue weighted by Gasteiger charge is 2.20. The number of aryl methyl sites for hydroxylation is 3. The fourth-order valence-corrected chi connectivity index (χ4v) is 4.58. The number of hydrogen-bond donors (Lipinski definition) is 1. The molecule has 1 aliphatic rings. The second-order valence-corrected chi connectivity index (χ2v) is 8.53. The van der Waals surface area contributed by atoms with Gasteiger partial charge in [0.05, 0.1) is 17.8 Å². The Morgan fingerprint density at radius 2 is 1.74 bits per heavy atom. The maximum Gasteiger partial charge on any atom is 0.307 e.